The van der Waals surface area contributed by atoms with Gasteiger partial charge in [0.2, 0.25) is 5.91 Å². The van der Waals surface area contributed by atoms with E-state index in [1.54, 1.807) is 18.2 Å². The Bertz CT molecular complexity index is 578. The smallest absolute Gasteiger partial charge is 0.247 e. The fourth-order valence-corrected chi connectivity index (χ4v) is 1.85. The molecule has 0 bridgehead atoms. The van der Waals surface area contributed by atoms with Gasteiger partial charge in [0, 0.05) is 11.3 Å². The van der Waals surface area contributed by atoms with Gasteiger partial charge in [0.25, 0.3) is 0 Å². The second kappa shape index (κ2) is 5.98. The molecule has 2 N–H and O–H groups in total. The highest BCUT2D eigenvalue weighted by molar-refractivity contribution is 5.99. The molecule has 0 radical (unpaired) electrons. The van der Waals surface area contributed by atoms with Crippen LogP contribution < -0.4 is 5.32 Å². The Kier molecular flexibility index (Phi) is 4.11. The van der Waals surface area contributed by atoms with Crippen LogP contribution in [-0.4, -0.2) is 11.0 Å². The zero-order valence-electron chi connectivity index (χ0n) is 10.4. The lowest BCUT2D eigenvalue weighted by atomic mass is 10.00. The maximum Gasteiger partial charge on any atom is 0.247 e. The van der Waals surface area contributed by atoms with Crippen LogP contribution in [0.2, 0.25) is 0 Å². The number of hydrogen-bond acceptors (Lipinski definition) is 2. The lowest BCUT2D eigenvalue weighted by Crippen LogP contribution is -2.11. The topological polar surface area (TPSA) is 49.3 Å². The van der Waals surface area contributed by atoms with Crippen molar-refractivity contribution in [2.75, 3.05) is 5.32 Å². The van der Waals surface area contributed by atoms with Crippen molar-refractivity contribution in [3.8, 4) is 0 Å². The number of hydrogen-bond donors (Lipinski definition) is 2. The Labute approximate surface area is 112 Å². The zero-order chi connectivity index (χ0) is 13.7. The lowest BCUT2D eigenvalue weighted by Gasteiger charge is -2.16. The summed E-state index contributed by atoms with van der Waals surface area (Å²) in [5.74, 6) is -0.298. The van der Waals surface area contributed by atoms with Gasteiger partial charge in [0.1, 0.15) is 6.10 Å². The number of carbonyl (C=O) groups is 1. The summed E-state index contributed by atoms with van der Waals surface area (Å²) in [5.41, 5.74) is 2.02. The van der Waals surface area contributed by atoms with Crippen LogP contribution in [0.15, 0.2) is 67.3 Å². The summed E-state index contributed by atoms with van der Waals surface area (Å²) in [5, 5.41) is 13.1. The van der Waals surface area contributed by atoms with E-state index in [2.05, 4.69) is 11.9 Å². The molecule has 0 aromatic heterocycles. The Morgan fingerprint density at radius 1 is 1.11 bits per heavy atom. The number of aliphatic hydroxyl groups excluding tert-OH is 1. The van der Waals surface area contributed by atoms with Gasteiger partial charge in [-0.15, -0.1) is 0 Å². The minimum absolute atomic E-state index is 0.298. The largest absolute Gasteiger partial charge is 0.384 e. The molecular formula is C16H15NO2. The summed E-state index contributed by atoms with van der Waals surface area (Å²) in [6.07, 6.45) is 0.425. The van der Waals surface area contributed by atoms with E-state index < -0.39 is 6.10 Å². The van der Waals surface area contributed by atoms with Crippen LogP contribution in [0.25, 0.3) is 0 Å². The second-order valence-corrected chi connectivity index (χ2v) is 4.09. The highest BCUT2D eigenvalue weighted by atomic mass is 16.3. The van der Waals surface area contributed by atoms with Crippen LogP contribution in [0.1, 0.15) is 17.2 Å². The number of benzene rings is 2. The van der Waals surface area contributed by atoms with Crippen LogP contribution in [0.3, 0.4) is 0 Å². The van der Waals surface area contributed by atoms with Crippen molar-refractivity contribution in [1.82, 2.24) is 0 Å². The van der Waals surface area contributed by atoms with Crippen LogP contribution >= 0.6 is 0 Å². The molecule has 19 heavy (non-hydrogen) atoms. The van der Waals surface area contributed by atoms with Crippen molar-refractivity contribution in [1.29, 1.82) is 0 Å². The molecule has 0 aliphatic rings. The molecule has 3 nitrogen and oxygen atoms in total. The third kappa shape index (κ3) is 3.09. The van der Waals surface area contributed by atoms with Crippen molar-refractivity contribution in [3.05, 3.63) is 78.4 Å². The molecule has 3 heteroatoms. The standard InChI is InChI=1S/C16H15NO2/c1-2-15(18)17-14-11-7-6-10-13(14)16(19)12-8-4-3-5-9-12/h2-11,16,19H,1H2,(H,17,18). The van der Waals surface area contributed by atoms with Crippen molar-refractivity contribution in [3.63, 3.8) is 0 Å². The van der Waals surface area contributed by atoms with Gasteiger partial charge >= 0.3 is 0 Å². The predicted octanol–water partition coefficient (Wildman–Crippen LogP) is 2.89. The van der Waals surface area contributed by atoms with Gasteiger partial charge in [-0.05, 0) is 17.7 Å². The van der Waals surface area contributed by atoms with E-state index in [4.69, 9.17) is 0 Å². The summed E-state index contributed by atoms with van der Waals surface area (Å²) in [6.45, 7) is 3.41. The van der Waals surface area contributed by atoms with E-state index in [1.807, 2.05) is 36.4 Å². The molecular weight excluding hydrogens is 238 g/mol. The Hall–Kier alpha value is -2.39. The van der Waals surface area contributed by atoms with Gasteiger partial charge in [-0.25, -0.2) is 0 Å². The molecule has 0 heterocycles. The number of amides is 1. The number of rotatable bonds is 4. The van der Waals surface area contributed by atoms with Crippen molar-refractivity contribution >= 4 is 11.6 Å². The first kappa shape index (κ1) is 13.1. The maximum atomic E-state index is 11.4. The van der Waals surface area contributed by atoms with E-state index in [9.17, 15) is 9.90 Å². The van der Waals surface area contributed by atoms with Crippen molar-refractivity contribution < 1.29 is 9.90 Å². The molecule has 0 saturated carbocycles. The monoisotopic (exact) mass is 253 g/mol. The molecule has 0 aliphatic carbocycles. The minimum Gasteiger partial charge on any atom is -0.384 e. The molecule has 0 spiro atoms. The van der Waals surface area contributed by atoms with Crippen molar-refractivity contribution in [2.24, 2.45) is 0 Å². The molecule has 0 saturated heterocycles. The number of para-hydroxylation sites is 1. The van der Waals surface area contributed by atoms with E-state index in [0.29, 0.717) is 11.3 Å². The molecule has 0 fully saturated rings. The lowest BCUT2D eigenvalue weighted by molar-refractivity contribution is -0.111. The predicted molar refractivity (Wildman–Crippen MR) is 75.8 cm³/mol. The molecule has 1 amide bonds. The minimum atomic E-state index is -0.775. The number of carbonyl (C=O) groups excluding carboxylic acids is 1. The number of anilines is 1. The first-order valence-electron chi connectivity index (χ1n) is 5.97. The van der Waals surface area contributed by atoms with Crippen LogP contribution in [0.4, 0.5) is 5.69 Å². The molecule has 0 aliphatic heterocycles. The Morgan fingerprint density at radius 3 is 2.42 bits per heavy atom. The highest BCUT2D eigenvalue weighted by Gasteiger charge is 2.14. The van der Waals surface area contributed by atoms with Gasteiger partial charge in [-0.2, -0.15) is 0 Å². The summed E-state index contributed by atoms with van der Waals surface area (Å²) in [7, 11) is 0. The Morgan fingerprint density at radius 2 is 1.74 bits per heavy atom. The normalized spacial score (nSPS) is 11.6. The SMILES string of the molecule is C=CC(=O)Nc1ccccc1C(O)c1ccccc1. The summed E-state index contributed by atoms with van der Waals surface area (Å²) < 4.78 is 0. The van der Waals surface area contributed by atoms with Gasteiger partial charge in [-0.3, -0.25) is 4.79 Å². The van der Waals surface area contributed by atoms with Gasteiger partial charge in [0.15, 0.2) is 0 Å². The van der Waals surface area contributed by atoms with Gasteiger partial charge in [0.05, 0.1) is 0 Å². The maximum absolute atomic E-state index is 11.4. The van der Waals surface area contributed by atoms with Crippen LogP contribution in [0.5, 0.6) is 0 Å². The fourth-order valence-electron chi connectivity index (χ4n) is 1.85. The first-order valence-corrected chi connectivity index (χ1v) is 5.97. The Balaban J connectivity index is 2.34. The summed E-state index contributed by atoms with van der Waals surface area (Å²) >= 11 is 0. The van der Waals surface area contributed by atoms with E-state index in [0.717, 1.165) is 5.56 Å². The number of nitrogens with one attached hydrogen (secondary N) is 1. The number of aliphatic hydroxyl groups is 1. The average Bonchev–Trinajstić information content (AvgIpc) is 2.48. The van der Waals surface area contributed by atoms with Crippen molar-refractivity contribution in [2.45, 2.75) is 6.10 Å². The first-order chi connectivity index (χ1) is 9.22. The van der Waals surface area contributed by atoms with Crippen LogP contribution in [-0.2, 0) is 4.79 Å². The van der Waals surface area contributed by atoms with E-state index >= 15 is 0 Å². The molecule has 96 valence electrons. The highest BCUT2D eigenvalue weighted by Crippen LogP contribution is 2.28. The second-order valence-electron chi connectivity index (χ2n) is 4.09. The molecule has 2 aromatic rings. The third-order valence-corrected chi connectivity index (χ3v) is 2.81. The molecule has 2 rings (SSSR count). The van der Waals surface area contributed by atoms with E-state index in [1.165, 1.54) is 6.08 Å². The molecule has 2 aromatic carbocycles. The fraction of sp³-hybridized carbons (Fsp3) is 0.0625. The average molecular weight is 253 g/mol. The quantitative estimate of drug-likeness (QED) is 0.823. The van der Waals surface area contributed by atoms with Gasteiger partial charge in [-0.1, -0.05) is 55.1 Å². The summed E-state index contributed by atoms with van der Waals surface area (Å²) in [6, 6.07) is 16.5. The zero-order valence-corrected chi connectivity index (χ0v) is 10.4. The third-order valence-electron chi connectivity index (χ3n) is 2.81. The van der Waals surface area contributed by atoms with Gasteiger partial charge < -0.3 is 10.4 Å². The van der Waals surface area contributed by atoms with E-state index in [-0.39, 0.29) is 5.91 Å². The summed E-state index contributed by atoms with van der Waals surface area (Å²) in [4.78, 5) is 11.4. The molecule has 1 atom stereocenters. The molecule has 1 unspecified atom stereocenters. The van der Waals surface area contributed by atoms with Crippen LogP contribution in [0, 0.1) is 0 Å².